The summed E-state index contributed by atoms with van der Waals surface area (Å²) >= 11 is 0. The van der Waals surface area contributed by atoms with Gasteiger partial charge in [-0.1, -0.05) is 30.9 Å². The Bertz CT molecular complexity index is 262. The highest BCUT2D eigenvalue weighted by Gasteiger charge is 1.93. The van der Waals surface area contributed by atoms with Gasteiger partial charge in [-0.25, -0.2) is 8.42 Å². The van der Waals surface area contributed by atoms with Crippen LogP contribution in [0.15, 0.2) is 36.3 Å². The largest absolute Gasteiger partial charge is 0.254 e. The smallest absolute Gasteiger partial charge is 0.208 e. The molecule has 0 N–H and O–H groups in total. The van der Waals surface area contributed by atoms with Gasteiger partial charge in [0.25, 0.3) is 9.05 Å². The van der Waals surface area contributed by atoms with Crippen molar-refractivity contribution in [3.63, 3.8) is 0 Å². The summed E-state index contributed by atoms with van der Waals surface area (Å²) in [5, 5.41) is 0.960. The van der Waals surface area contributed by atoms with Gasteiger partial charge in [-0.3, -0.25) is 0 Å². The molecule has 0 rings (SSSR count). The fourth-order valence-electron chi connectivity index (χ4n) is 0.424. The van der Waals surface area contributed by atoms with Gasteiger partial charge in [0.2, 0.25) is 0 Å². The number of hydrogen-bond donors (Lipinski definition) is 0. The molecule has 0 heterocycles. The topological polar surface area (TPSA) is 34.1 Å². The van der Waals surface area contributed by atoms with Crippen LogP contribution in [0, 0.1) is 0 Å². The van der Waals surface area contributed by atoms with Crippen LogP contribution in [0.2, 0.25) is 0 Å². The van der Waals surface area contributed by atoms with Gasteiger partial charge >= 0.3 is 0 Å². The van der Waals surface area contributed by atoms with E-state index in [-0.39, 0.29) is 0 Å². The van der Waals surface area contributed by atoms with Gasteiger partial charge < -0.3 is 0 Å². The zero-order valence-electron chi connectivity index (χ0n) is 5.90. The van der Waals surface area contributed by atoms with E-state index in [1.165, 1.54) is 6.08 Å². The van der Waals surface area contributed by atoms with E-state index < -0.39 is 9.05 Å². The average Bonchev–Trinajstić information content (AvgIpc) is 1.85. The molecule has 4 heteroatoms. The van der Waals surface area contributed by atoms with Crippen LogP contribution in [0.4, 0.5) is 0 Å². The minimum Gasteiger partial charge on any atom is -0.208 e. The minimum atomic E-state index is -3.48. The van der Waals surface area contributed by atoms with Crippen LogP contribution < -0.4 is 0 Å². The summed E-state index contributed by atoms with van der Waals surface area (Å²) in [5.41, 5.74) is 0. The Hall–Kier alpha value is -0.540. The third-order valence-electron chi connectivity index (χ3n) is 0.803. The Morgan fingerprint density at radius 1 is 1.36 bits per heavy atom. The minimum absolute atomic E-state index is 0.540. The summed E-state index contributed by atoms with van der Waals surface area (Å²) in [7, 11) is 1.41. The molecule has 2 nitrogen and oxygen atoms in total. The lowest BCUT2D eigenvalue weighted by molar-refractivity contribution is 0.617. The molecule has 0 aromatic rings. The molecule has 0 unspecified atom stereocenters. The third-order valence-corrected chi connectivity index (χ3v) is 1.63. The van der Waals surface area contributed by atoms with E-state index in [1.807, 2.05) is 0 Å². The summed E-state index contributed by atoms with van der Waals surface area (Å²) in [6, 6.07) is 0. The van der Waals surface area contributed by atoms with Crippen LogP contribution in [0.5, 0.6) is 0 Å². The predicted octanol–water partition coefficient (Wildman–Crippen LogP) is 2.20. The maximum atomic E-state index is 10.3. The van der Waals surface area contributed by atoms with Crippen molar-refractivity contribution in [3.8, 4) is 0 Å². The van der Waals surface area contributed by atoms with Crippen molar-refractivity contribution in [2.75, 3.05) is 0 Å². The van der Waals surface area contributed by atoms with Gasteiger partial charge in [0, 0.05) is 16.1 Å². The molecule has 0 saturated heterocycles. The first-order valence-corrected chi connectivity index (χ1v) is 5.32. The van der Waals surface area contributed by atoms with Gasteiger partial charge in [0.1, 0.15) is 0 Å². The molecule has 0 saturated carbocycles. The fourth-order valence-corrected chi connectivity index (χ4v) is 0.983. The Balaban J connectivity index is 3.80. The van der Waals surface area contributed by atoms with E-state index in [1.54, 1.807) is 18.2 Å². The van der Waals surface area contributed by atoms with Crippen molar-refractivity contribution in [2.24, 2.45) is 0 Å². The molecule has 0 aromatic carbocycles. The lowest BCUT2D eigenvalue weighted by Gasteiger charge is -1.80. The second kappa shape index (κ2) is 5.16. The number of halogens is 1. The highest BCUT2D eigenvalue weighted by atomic mass is 35.7. The Labute approximate surface area is 71.3 Å². The van der Waals surface area contributed by atoms with Crippen LogP contribution >= 0.6 is 10.7 Å². The molecule has 0 aliphatic carbocycles. The number of hydrogen-bond acceptors (Lipinski definition) is 2. The first-order chi connectivity index (χ1) is 5.06. The SMILES string of the molecule is C=C/C=C\C/C=C/S(=O)(=O)Cl. The monoisotopic (exact) mass is 192 g/mol. The first kappa shape index (κ1) is 10.5. The van der Waals surface area contributed by atoms with Crippen LogP contribution in [0.1, 0.15) is 6.42 Å². The molecule has 62 valence electrons. The van der Waals surface area contributed by atoms with E-state index >= 15 is 0 Å². The third kappa shape index (κ3) is 9.46. The summed E-state index contributed by atoms with van der Waals surface area (Å²) < 4.78 is 20.6. The maximum absolute atomic E-state index is 10.3. The highest BCUT2D eigenvalue weighted by molar-refractivity contribution is 8.16. The lowest BCUT2D eigenvalue weighted by Crippen LogP contribution is -1.77. The normalized spacial score (nSPS) is 12.8. The molecule has 0 aromatic heterocycles. The molecule has 0 aliphatic rings. The van der Waals surface area contributed by atoms with Crippen LogP contribution in [-0.4, -0.2) is 8.42 Å². The molecule has 0 radical (unpaired) electrons. The molecular formula is C7H9ClO2S. The summed E-state index contributed by atoms with van der Waals surface area (Å²) in [6.07, 6.45) is 7.11. The van der Waals surface area contributed by atoms with Crippen molar-refractivity contribution >= 4 is 19.7 Å². The molecule has 0 fully saturated rings. The van der Waals surface area contributed by atoms with Crippen LogP contribution in [0.3, 0.4) is 0 Å². The Morgan fingerprint density at radius 3 is 2.45 bits per heavy atom. The molecule has 0 bridgehead atoms. The summed E-state index contributed by atoms with van der Waals surface area (Å²) in [5.74, 6) is 0. The predicted molar refractivity (Wildman–Crippen MR) is 47.9 cm³/mol. The number of allylic oxidation sites excluding steroid dienone is 4. The van der Waals surface area contributed by atoms with Gasteiger partial charge in [0.15, 0.2) is 0 Å². The quantitative estimate of drug-likeness (QED) is 0.506. The standard InChI is InChI=1S/C7H9ClO2S/c1-2-3-4-5-6-7-11(8,9)10/h2-4,6-7H,1,5H2/b4-3-,7-6+. The summed E-state index contributed by atoms with van der Waals surface area (Å²) in [6.45, 7) is 3.45. The zero-order chi connectivity index (χ0) is 8.74. The molecule has 0 atom stereocenters. The molecule has 0 aliphatic heterocycles. The average molecular weight is 193 g/mol. The van der Waals surface area contributed by atoms with E-state index in [9.17, 15) is 8.42 Å². The van der Waals surface area contributed by atoms with Gasteiger partial charge in [-0.2, -0.15) is 0 Å². The van der Waals surface area contributed by atoms with Gasteiger partial charge in [-0.15, -0.1) is 0 Å². The van der Waals surface area contributed by atoms with Crippen molar-refractivity contribution < 1.29 is 8.42 Å². The molecule has 0 spiro atoms. The van der Waals surface area contributed by atoms with E-state index in [0.29, 0.717) is 6.42 Å². The van der Waals surface area contributed by atoms with Crippen molar-refractivity contribution in [2.45, 2.75) is 6.42 Å². The second-order valence-corrected chi connectivity index (χ2v) is 4.26. The van der Waals surface area contributed by atoms with E-state index in [0.717, 1.165) is 5.41 Å². The van der Waals surface area contributed by atoms with Crippen LogP contribution in [0.25, 0.3) is 0 Å². The second-order valence-electron chi connectivity index (χ2n) is 1.75. The zero-order valence-corrected chi connectivity index (χ0v) is 7.48. The Morgan fingerprint density at radius 2 is 2.00 bits per heavy atom. The highest BCUT2D eigenvalue weighted by Crippen LogP contribution is 1.99. The summed E-state index contributed by atoms with van der Waals surface area (Å²) in [4.78, 5) is 0. The first-order valence-electron chi connectivity index (χ1n) is 2.95. The molecule has 11 heavy (non-hydrogen) atoms. The number of rotatable bonds is 4. The van der Waals surface area contributed by atoms with E-state index in [2.05, 4.69) is 6.58 Å². The van der Waals surface area contributed by atoms with Crippen molar-refractivity contribution in [3.05, 3.63) is 36.3 Å². The van der Waals surface area contributed by atoms with Crippen molar-refractivity contribution in [1.29, 1.82) is 0 Å². The molecule has 0 amide bonds. The maximum Gasteiger partial charge on any atom is 0.254 e. The van der Waals surface area contributed by atoms with Gasteiger partial charge in [-0.05, 0) is 6.42 Å². The van der Waals surface area contributed by atoms with Crippen LogP contribution in [-0.2, 0) is 9.05 Å². The lowest BCUT2D eigenvalue weighted by atomic mass is 10.4. The van der Waals surface area contributed by atoms with E-state index in [4.69, 9.17) is 10.7 Å². The van der Waals surface area contributed by atoms with Crippen molar-refractivity contribution in [1.82, 2.24) is 0 Å². The van der Waals surface area contributed by atoms with Gasteiger partial charge in [0.05, 0.1) is 0 Å². The Kier molecular flexibility index (Phi) is 4.90. The molecular weight excluding hydrogens is 184 g/mol. The fraction of sp³-hybridized carbons (Fsp3) is 0.143.